The Hall–Kier alpha value is -1.34. The molecular formula is C12H11BrClNO5. The molecule has 0 N–H and O–H groups in total. The van der Waals surface area contributed by atoms with Crippen LogP contribution in [-0.2, 0) is 9.53 Å². The summed E-state index contributed by atoms with van der Waals surface area (Å²) in [4.78, 5) is 22.2. The van der Waals surface area contributed by atoms with Crippen LogP contribution in [-0.4, -0.2) is 24.1 Å². The van der Waals surface area contributed by atoms with Gasteiger partial charge < -0.3 is 9.47 Å². The highest BCUT2D eigenvalue weighted by Gasteiger charge is 2.40. The lowest BCUT2D eigenvalue weighted by Crippen LogP contribution is -2.31. The smallest absolute Gasteiger partial charge is 0.347 e. The third kappa shape index (κ3) is 3.21. The lowest BCUT2D eigenvalue weighted by atomic mass is 10.2. The standard InChI is InChI=1S/C12H11BrClNO5/c1-19-12(16)10(6-2-3-6)20-11-8(13)4-7(14)5-9(11)15(17)18/h4-6,10H,2-3H2,1H3. The maximum absolute atomic E-state index is 11.7. The van der Waals surface area contributed by atoms with E-state index in [9.17, 15) is 14.9 Å². The predicted molar refractivity (Wildman–Crippen MR) is 75.0 cm³/mol. The Kier molecular flexibility index (Phi) is 4.49. The molecule has 1 aromatic rings. The van der Waals surface area contributed by atoms with E-state index < -0.39 is 17.0 Å². The van der Waals surface area contributed by atoms with E-state index in [0.717, 1.165) is 12.8 Å². The Morgan fingerprint density at radius 1 is 1.55 bits per heavy atom. The second kappa shape index (κ2) is 5.97. The number of hydrogen-bond acceptors (Lipinski definition) is 5. The molecule has 8 heteroatoms. The van der Waals surface area contributed by atoms with Crippen molar-refractivity contribution in [1.29, 1.82) is 0 Å². The molecule has 1 fully saturated rings. The lowest BCUT2D eigenvalue weighted by Gasteiger charge is -2.17. The zero-order valence-electron chi connectivity index (χ0n) is 10.5. The average molecular weight is 365 g/mol. The molecular weight excluding hydrogens is 353 g/mol. The summed E-state index contributed by atoms with van der Waals surface area (Å²) in [5, 5.41) is 11.3. The molecule has 6 nitrogen and oxygen atoms in total. The number of nitro benzene ring substituents is 1. The van der Waals surface area contributed by atoms with Crippen molar-refractivity contribution in [1.82, 2.24) is 0 Å². The zero-order chi connectivity index (χ0) is 14.9. The fraction of sp³-hybridized carbons (Fsp3) is 0.417. The normalized spacial score (nSPS) is 15.6. The van der Waals surface area contributed by atoms with Crippen LogP contribution >= 0.6 is 27.5 Å². The van der Waals surface area contributed by atoms with E-state index in [1.54, 1.807) is 0 Å². The summed E-state index contributed by atoms with van der Waals surface area (Å²) in [6.07, 6.45) is 0.827. The minimum atomic E-state index is -0.837. The summed E-state index contributed by atoms with van der Waals surface area (Å²) >= 11 is 8.96. The molecule has 0 radical (unpaired) electrons. The van der Waals surface area contributed by atoms with Gasteiger partial charge in [-0.05, 0) is 34.8 Å². The number of nitro groups is 1. The number of methoxy groups -OCH3 is 1. The molecule has 0 amide bonds. The summed E-state index contributed by atoms with van der Waals surface area (Å²) in [6.45, 7) is 0. The first-order valence-corrected chi connectivity index (χ1v) is 6.99. The van der Waals surface area contributed by atoms with Crippen molar-refractivity contribution in [3.05, 3.63) is 31.7 Å². The molecule has 1 atom stereocenters. The Bertz CT molecular complexity index is 561. The van der Waals surface area contributed by atoms with E-state index in [0.29, 0.717) is 4.47 Å². The summed E-state index contributed by atoms with van der Waals surface area (Å²) in [5.74, 6) is -0.519. The second-order valence-electron chi connectivity index (χ2n) is 4.39. The highest BCUT2D eigenvalue weighted by Crippen LogP contribution is 2.42. The molecule has 0 saturated heterocycles. The Morgan fingerprint density at radius 2 is 2.20 bits per heavy atom. The van der Waals surface area contributed by atoms with E-state index >= 15 is 0 Å². The van der Waals surface area contributed by atoms with Crippen molar-refractivity contribution in [3.8, 4) is 5.75 Å². The summed E-state index contributed by atoms with van der Waals surface area (Å²) in [6, 6.07) is 2.66. The second-order valence-corrected chi connectivity index (χ2v) is 5.68. The van der Waals surface area contributed by atoms with Crippen LogP contribution in [0.5, 0.6) is 5.75 Å². The first-order chi connectivity index (χ1) is 9.43. The fourth-order valence-corrected chi connectivity index (χ4v) is 2.67. The van der Waals surface area contributed by atoms with Crippen LogP contribution in [0, 0.1) is 16.0 Å². The minimum Gasteiger partial charge on any atom is -0.470 e. The predicted octanol–water partition coefficient (Wildman–Crippen LogP) is 3.34. The number of halogens is 2. The third-order valence-corrected chi connectivity index (χ3v) is 3.72. The highest BCUT2D eigenvalue weighted by molar-refractivity contribution is 9.10. The van der Waals surface area contributed by atoms with Crippen molar-refractivity contribution in [2.45, 2.75) is 18.9 Å². The van der Waals surface area contributed by atoms with Crippen LogP contribution in [0.25, 0.3) is 0 Å². The van der Waals surface area contributed by atoms with Gasteiger partial charge in [-0.25, -0.2) is 4.79 Å². The van der Waals surface area contributed by atoms with E-state index in [4.69, 9.17) is 16.3 Å². The van der Waals surface area contributed by atoms with Crippen LogP contribution in [0.2, 0.25) is 5.02 Å². The molecule has 20 heavy (non-hydrogen) atoms. The molecule has 108 valence electrons. The van der Waals surface area contributed by atoms with Gasteiger partial charge in [-0.3, -0.25) is 10.1 Å². The average Bonchev–Trinajstić information content (AvgIpc) is 3.20. The third-order valence-electron chi connectivity index (χ3n) is 2.91. The number of nitrogens with zero attached hydrogens (tertiary/aromatic N) is 1. The largest absolute Gasteiger partial charge is 0.470 e. The summed E-state index contributed by atoms with van der Waals surface area (Å²) < 4.78 is 10.5. The van der Waals surface area contributed by atoms with Gasteiger partial charge in [0.05, 0.1) is 16.5 Å². The fourth-order valence-electron chi connectivity index (χ4n) is 1.78. The van der Waals surface area contributed by atoms with Crippen LogP contribution < -0.4 is 4.74 Å². The van der Waals surface area contributed by atoms with E-state index in [1.807, 2.05) is 0 Å². The Morgan fingerprint density at radius 3 is 2.70 bits per heavy atom. The number of carbonyl (C=O) groups is 1. The number of benzene rings is 1. The van der Waals surface area contributed by atoms with Crippen molar-refractivity contribution in [2.24, 2.45) is 5.92 Å². The molecule has 1 aromatic carbocycles. The van der Waals surface area contributed by atoms with Gasteiger partial charge in [-0.15, -0.1) is 0 Å². The SMILES string of the molecule is COC(=O)C(Oc1c(Br)cc(Cl)cc1[N+](=O)[O-])C1CC1. The van der Waals surface area contributed by atoms with E-state index in [2.05, 4.69) is 20.7 Å². The van der Waals surface area contributed by atoms with Gasteiger partial charge in [-0.2, -0.15) is 0 Å². The molecule has 1 aliphatic rings. The van der Waals surface area contributed by atoms with Gasteiger partial charge in [0.15, 0.2) is 6.10 Å². The topological polar surface area (TPSA) is 78.7 Å². The maximum Gasteiger partial charge on any atom is 0.347 e. The monoisotopic (exact) mass is 363 g/mol. The molecule has 0 spiro atoms. The number of esters is 1. The summed E-state index contributed by atoms with van der Waals surface area (Å²) in [7, 11) is 1.26. The molecule has 0 heterocycles. The van der Waals surface area contributed by atoms with Crippen LogP contribution in [0.3, 0.4) is 0 Å². The maximum atomic E-state index is 11.7. The first-order valence-electron chi connectivity index (χ1n) is 5.82. The number of ether oxygens (including phenoxy) is 2. The molecule has 0 bridgehead atoms. The number of rotatable bonds is 5. The molecule has 1 unspecified atom stereocenters. The number of carbonyl (C=O) groups excluding carboxylic acids is 1. The molecule has 1 saturated carbocycles. The number of hydrogen-bond donors (Lipinski definition) is 0. The molecule has 2 rings (SSSR count). The van der Waals surface area contributed by atoms with Gasteiger partial charge in [0.1, 0.15) is 0 Å². The highest BCUT2D eigenvalue weighted by atomic mass is 79.9. The van der Waals surface area contributed by atoms with Gasteiger partial charge in [0.25, 0.3) is 0 Å². The van der Waals surface area contributed by atoms with Crippen LogP contribution in [0.15, 0.2) is 16.6 Å². The molecule has 1 aliphatic carbocycles. The minimum absolute atomic E-state index is 0.0123. The van der Waals surface area contributed by atoms with Gasteiger partial charge in [0.2, 0.25) is 5.75 Å². The van der Waals surface area contributed by atoms with E-state index in [-0.39, 0.29) is 22.4 Å². The van der Waals surface area contributed by atoms with Crippen molar-refractivity contribution in [3.63, 3.8) is 0 Å². The molecule has 0 aliphatic heterocycles. The van der Waals surface area contributed by atoms with Gasteiger partial charge in [0, 0.05) is 17.0 Å². The zero-order valence-corrected chi connectivity index (χ0v) is 12.8. The van der Waals surface area contributed by atoms with E-state index in [1.165, 1.54) is 19.2 Å². The van der Waals surface area contributed by atoms with Crippen molar-refractivity contribution < 1.29 is 19.2 Å². The lowest BCUT2D eigenvalue weighted by molar-refractivity contribution is -0.386. The first kappa shape index (κ1) is 15.1. The van der Waals surface area contributed by atoms with Gasteiger partial charge >= 0.3 is 11.7 Å². The van der Waals surface area contributed by atoms with Gasteiger partial charge in [-0.1, -0.05) is 11.6 Å². The van der Waals surface area contributed by atoms with Crippen LogP contribution in [0.4, 0.5) is 5.69 Å². The summed E-state index contributed by atoms with van der Waals surface area (Å²) in [5.41, 5.74) is -0.293. The van der Waals surface area contributed by atoms with Crippen molar-refractivity contribution >= 4 is 39.2 Å². The van der Waals surface area contributed by atoms with Crippen LogP contribution in [0.1, 0.15) is 12.8 Å². The molecule has 0 aromatic heterocycles. The van der Waals surface area contributed by atoms with Crippen molar-refractivity contribution in [2.75, 3.05) is 7.11 Å². The Balaban J connectivity index is 2.36. The quantitative estimate of drug-likeness (QED) is 0.455. The Labute approximate surface area is 128 Å².